The normalized spacial score (nSPS) is 12.0. The van der Waals surface area contributed by atoms with E-state index in [1.165, 1.54) is 37.8 Å². The molecule has 21 heavy (non-hydrogen) atoms. The highest BCUT2D eigenvalue weighted by atomic mass is 32.2. The van der Waals surface area contributed by atoms with Gasteiger partial charge in [0, 0.05) is 0 Å². The third-order valence-electron chi connectivity index (χ3n) is 2.58. The Morgan fingerprint density at radius 3 is 1.71 bits per heavy atom. The minimum atomic E-state index is -5.20. The summed E-state index contributed by atoms with van der Waals surface area (Å²) in [5.41, 5.74) is 0. The minimum absolute atomic E-state index is 0.530. The summed E-state index contributed by atoms with van der Waals surface area (Å²) in [6.07, 6.45) is -5.20. The van der Waals surface area contributed by atoms with E-state index < -0.39 is 21.4 Å². The van der Waals surface area contributed by atoms with Gasteiger partial charge in [-0.15, -0.1) is 13.2 Å². The third-order valence-corrected chi connectivity index (χ3v) is 3.84. The van der Waals surface area contributed by atoms with Crippen LogP contribution in [0.25, 0.3) is 0 Å². The molecule has 1 aromatic rings. The lowest BCUT2D eigenvalue weighted by molar-refractivity contribution is -0.271. The molecule has 122 valence electrons. The van der Waals surface area contributed by atoms with Crippen LogP contribution in [-0.2, 0) is 14.3 Å². The Balaban J connectivity index is 0.000000486. The second-order valence-electron chi connectivity index (χ2n) is 3.92. The molecule has 0 aliphatic carbocycles. The van der Waals surface area contributed by atoms with Crippen molar-refractivity contribution in [3.05, 3.63) is 30.3 Å². The van der Waals surface area contributed by atoms with Gasteiger partial charge in [0.15, 0.2) is 0 Å². The second kappa shape index (κ2) is 9.01. The van der Waals surface area contributed by atoms with Crippen molar-refractivity contribution in [2.24, 2.45) is 0 Å². The lowest BCUT2D eigenvalue weighted by Crippen LogP contribution is -2.21. The van der Waals surface area contributed by atoms with E-state index in [2.05, 4.69) is 29.9 Å². The van der Waals surface area contributed by atoms with Crippen molar-refractivity contribution in [1.29, 1.82) is 0 Å². The Kier molecular flexibility index (Phi) is 8.53. The highest BCUT2D eigenvalue weighted by Gasteiger charge is 2.37. The fraction of sp³-hybridized carbons (Fsp3) is 0.538. The number of alkyl halides is 3. The van der Waals surface area contributed by atoms with Gasteiger partial charge < -0.3 is 4.90 Å². The van der Waals surface area contributed by atoms with Crippen molar-refractivity contribution in [3.8, 4) is 0 Å². The summed E-state index contributed by atoms with van der Waals surface area (Å²) in [7, 11) is -4.74. The van der Waals surface area contributed by atoms with Gasteiger partial charge in [-0.05, 0) is 31.8 Å². The van der Waals surface area contributed by atoms with Crippen molar-refractivity contribution in [1.82, 2.24) is 4.90 Å². The lowest BCUT2D eigenvalue weighted by Gasteiger charge is -2.13. The molecule has 0 fully saturated rings. The number of rotatable bonds is 5. The quantitative estimate of drug-likeness (QED) is 0.779. The number of hydrogen-bond donors (Lipinski definition) is 0. The summed E-state index contributed by atoms with van der Waals surface area (Å²) >= 11 is 0. The summed E-state index contributed by atoms with van der Waals surface area (Å²) in [6, 6.07) is 6.11. The van der Waals surface area contributed by atoms with E-state index in [1.807, 2.05) is 0 Å². The van der Waals surface area contributed by atoms with Gasteiger partial charge in [-0.1, -0.05) is 39.0 Å². The molecule has 0 saturated heterocycles. The lowest BCUT2D eigenvalue weighted by atomic mass is 10.4. The molecule has 0 unspecified atom stereocenters. The second-order valence-corrected chi connectivity index (χ2v) is 5.46. The van der Waals surface area contributed by atoms with Crippen LogP contribution in [0.4, 0.5) is 13.2 Å². The SMILES string of the molecule is CCN(CC)CC.O=S(=O)(OC(F)(F)F)c1ccccc1. The van der Waals surface area contributed by atoms with Crippen LogP contribution in [0, 0.1) is 0 Å². The van der Waals surface area contributed by atoms with E-state index in [-0.39, 0.29) is 0 Å². The van der Waals surface area contributed by atoms with E-state index in [9.17, 15) is 21.6 Å². The summed E-state index contributed by atoms with van der Waals surface area (Å²) in [5, 5.41) is 0. The van der Waals surface area contributed by atoms with Gasteiger partial charge >= 0.3 is 16.5 Å². The Labute approximate surface area is 123 Å². The van der Waals surface area contributed by atoms with E-state index in [4.69, 9.17) is 0 Å². The fourth-order valence-corrected chi connectivity index (χ4v) is 2.27. The highest BCUT2D eigenvalue weighted by Crippen LogP contribution is 2.23. The number of benzene rings is 1. The first kappa shape index (κ1) is 19.9. The first-order valence-corrected chi connectivity index (χ1v) is 7.86. The average molecular weight is 327 g/mol. The van der Waals surface area contributed by atoms with E-state index in [1.54, 1.807) is 0 Å². The van der Waals surface area contributed by atoms with Crippen LogP contribution in [0.3, 0.4) is 0 Å². The summed E-state index contributed by atoms with van der Waals surface area (Å²) in [4.78, 5) is 1.84. The van der Waals surface area contributed by atoms with E-state index in [0.717, 1.165) is 12.1 Å². The van der Waals surface area contributed by atoms with Crippen molar-refractivity contribution in [2.45, 2.75) is 32.0 Å². The highest BCUT2D eigenvalue weighted by molar-refractivity contribution is 7.86. The number of nitrogens with zero attached hydrogens (tertiary/aromatic N) is 1. The summed E-state index contributed by atoms with van der Waals surface area (Å²) in [5.74, 6) is 0. The molecule has 0 aromatic heterocycles. The van der Waals surface area contributed by atoms with Gasteiger partial charge in [0.05, 0.1) is 4.90 Å². The molecule has 0 spiro atoms. The van der Waals surface area contributed by atoms with Gasteiger partial charge in [0.25, 0.3) is 0 Å². The molecule has 0 heterocycles. The Morgan fingerprint density at radius 2 is 1.43 bits per heavy atom. The molecule has 0 aliphatic heterocycles. The maximum atomic E-state index is 11.6. The molecular weight excluding hydrogens is 307 g/mol. The molecule has 0 bridgehead atoms. The van der Waals surface area contributed by atoms with Crippen LogP contribution in [0.1, 0.15) is 20.8 Å². The Bertz CT molecular complexity index is 480. The smallest absolute Gasteiger partial charge is 0.304 e. The molecule has 0 aliphatic rings. The molecule has 4 nitrogen and oxygen atoms in total. The zero-order chi connectivity index (χ0) is 16.5. The molecular formula is C13H20F3NO3S. The molecule has 1 aromatic carbocycles. The molecule has 0 saturated carbocycles. The number of halogens is 3. The van der Waals surface area contributed by atoms with E-state index >= 15 is 0 Å². The van der Waals surface area contributed by atoms with Crippen molar-refractivity contribution >= 4 is 10.1 Å². The number of hydrogen-bond acceptors (Lipinski definition) is 4. The van der Waals surface area contributed by atoms with Crippen LogP contribution in [-0.4, -0.2) is 39.3 Å². The predicted octanol–water partition coefficient (Wildman–Crippen LogP) is 3.26. The van der Waals surface area contributed by atoms with Crippen LogP contribution in [0.5, 0.6) is 0 Å². The van der Waals surface area contributed by atoms with Crippen molar-refractivity contribution < 1.29 is 25.8 Å². The maximum absolute atomic E-state index is 11.6. The molecule has 8 heteroatoms. The van der Waals surface area contributed by atoms with Crippen LogP contribution >= 0.6 is 0 Å². The zero-order valence-corrected chi connectivity index (χ0v) is 13.0. The van der Waals surface area contributed by atoms with Gasteiger partial charge in [-0.3, -0.25) is 0 Å². The minimum Gasteiger partial charge on any atom is -0.304 e. The van der Waals surface area contributed by atoms with E-state index in [0.29, 0.717) is 0 Å². The topological polar surface area (TPSA) is 46.6 Å². The monoisotopic (exact) mass is 327 g/mol. The van der Waals surface area contributed by atoms with Crippen molar-refractivity contribution in [3.63, 3.8) is 0 Å². The zero-order valence-electron chi connectivity index (χ0n) is 12.2. The molecule has 0 radical (unpaired) electrons. The molecule has 1 rings (SSSR count). The fourth-order valence-electron chi connectivity index (χ4n) is 1.43. The van der Waals surface area contributed by atoms with Gasteiger partial charge in [0.2, 0.25) is 0 Å². The van der Waals surface area contributed by atoms with Gasteiger partial charge in [-0.2, -0.15) is 12.6 Å². The Morgan fingerprint density at radius 1 is 1.00 bits per heavy atom. The van der Waals surface area contributed by atoms with Crippen LogP contribution in [0.2, 0.25) is 0 Å². The maximum Gasteiger partial charge on any atom is 0.537 e. The Hall–Kier alpha value is -1.12. The van der Waals surface area contributed by atoms with Crippen molar-refractivity contribution in [2.75, 3.05) is 19.6 Å². The first-order valence-electron chi connectivity index (χ1n) is 6.46. The average Bonchev–Trinajstić information content (AvgIpc) is 2.40. The third kappa shape index (κ3) is 8.69. The molecule has 0 atom stereocenters. The van der Waals surface area contributed by atoms with Gasteiger partial charge in [-0.25, -0.2) is 0 Å². The largest absolute Gasteiger partial charge is 0.537 e. The molecule has 0 amide bonds. The van der Waals surface area contributed by atoms with Gasteiger partial charge in [0.1, 0.15) is 0 Å². The van der Waals surface area contributed by atoms with Crippen LogP contribution in [0.15, 0.2) is 35.2 Å². The summed E-state index contributed by atoms with van der Waals surface area (Å²) < 4.78 is 59.7. The standard InChI is InChI=1S/C7H5F3O3S.C6H15N/c8-7(9,10)13-14(11,12)6-4-2-1-3-5-6;1-4-7(5-2)6-3/h1-5H;4-6H2,1-3H3. The first-order chi connectivity index (χ1) is 9.66. The van der Waals surface area contributed by atoms with Crippen LogP contribution < -0.4 is 0 Å². The predicted molar refractivity (Wildman–Crippen MR) is 74.2 cm³/mol. The molecule has 0 N–H and O–H groups in total. The summed E-state index contributed by atoms with van der Waals surface area (Å²) in [6.45, 7) is 10.1.